The van der Waals surface area contributed by atoms with Gasteiger partial charge in [0.2, 0.25) is 10.0 Å². The molecule has 6 heteroatoms. The van der Waals surface area contributed by atoms with E-state index < -0.39 is 16.0 Å². The maximum absolute atomic E-state index is 12.0. The van der Waals surface area contributed by atoms with Gasteiger partial charge in [-0.05, 0) is 23.3 Å². The smallest absolute Gasteiger partial charge is 0.304 e. The predicted molar refractivity (Wildman–Crippen MR) is 79.3 cm³/mol. The zero-order valence-electron chi connectivity index (χ0n) is 11.2. The highest BCUT2D eigenvalue weighted by Crippen LogP contribution is 2.20. The fourth-order valence-electron chi connectivity index (χ4n) is 1.83. The normalized spacial score (nSPS) is 11.2. The van der Waals surface area contributed by atoms with Crippen LogP contribution in [0, 0.1) is 0 Å². The van der Waals surface area contributed by atoms with Gasteiger partial charge in [-0.15, -0.1) is 0 Å². The third kappa shape index (κ3) is 4.14. The highest BCUT2D eigenvalue weighted by atomic mass is 32.2. The van der Waals surface area contributed by atoms with E-state index in [1.165, 1.54) is 12.1 Å². The topological polar surface area (TPSA) is 83.5 Å². The third-order valence-corrected chi connectivity index (χ3v) is 4.38. The lowest BCUT2D eigenvalue weighted by Crippen LogP contribution is -2.26. The highest BCUT2D eigenvalue weighted by molar-refractivity contribution is 7.89. The van der Waals surface area contributed by atoms with Crippen LogP contribution >= 0.6 is 0 Å². The summed E-state index contributed by atoms with van der Waals surface area (Å²) < 4.78 is 26.2. The molecule has 0 aliphatic heterocycles. The SMILES string of the molecule is O=C(O)CCNS(=O)(=O)c1ccc(-c2ccccc2)cc1. The van der Waals surface area contributed by atoms with E-state index in [-0.39, 0.29) is 17.9 Å². The summed E-state index contributed by atoms with van der Waals surface area (Å²) in [6.07, 6.45) is -0.249. The first-order valence-electron chi connectivity index (χ1n) is 6.36. The molecule has 0 aromatic heterocycles. The maximum Gasteiger partial charge on any atom is 0.304 e. The lowest BCUT2D eigenvalue weighted by atomic mass is 10.1. The molecular weight excluding hydrogens is 290 g/mol. The third-order valence-electron chi connectivity index (χ3n) is 2.90. The second-order valence-electron chi connectivity index (χ2n) is 4.43. The molecular formula is C15H15NO4S. The first-order valence-corrected chi connectivity index (χ1v) is 7.84. The van der Waals surface area contributed by atoms with Gasteiger partial charge in [0.25, 0.3) is 0 Å². The van der Waals surface area contributed by atoms with Crippen LogP contribution in [0.25, 0.3) is 11.1 Å². The molecule has 0 aliphatic carbocycles. The molecule has 0 fully saturated rings. The molecule has 5 nitrogen and oxygen atoms in total. The highest BCUT2D eigenvalue weighted by Gasteiger charge is 2.13. The zero-order valence-corrected chi connectivity index (χ0v) is 12.0. The average molecular weight is 305 g/mol. The number of carboxylic acid groups (broad SMARTS) is 1. The second-order valence-corrected chi connectivity index (χ2v) is 6.20. The standard InChI is InChI=1S/C15H15NO4S/c17-15(18)10-11-16-21(19,20)14-8-6-13(7-9-14)12-4-2-1-3-5-12/h1-9,16H,10-11H2,(H,17,18). The van der Waals surface area contributed by atoms with E-state index >= 15 is 0 Å². The molecule has 0 aliphatic rings. The van der Waals surface area contributed by atoms with E-state index in [0.717, 1.165) is 11.1 Å². The van der Waals surface area contributed by atoms with E-state index in [1.54, 1.807) is 12.1 Å². The average Bonchev–Trinajstić information content (AvgIpc) is 2.48. The zero-order chi connectivity index (χ0) is 15.3. The molecule has 0 amide bonds. The van der Waals surface area contributed by atoms with Crippen molar-refractivity contribution in [2.24, 2.45) is 0 Å². The number of nitrogens with one attached hydrogen (secondary N) is 1. The summed E-state index contributed by atoms with van der Waals surface area (Å²) >= 11 is 0. The summed E-state index contributed by atoms with van der Waals surface area (Å²) in [6.45, 7) is -0.127. The van der Waals surface area contributed by atoms with E-state index in [2.05, 4.69) is 4.72 Å². The first-order chi connectivity index (χ1) is 9.99. The van der Waals surface area contributed by atoms with Crippen LogP contribution in [0.2, 0.25) is 0 Å². The summed E-state index contributed by atoms with van der Waals surface area (Å²) in [4.78, 5) is 10.5. The Morgan fingerprint density at radius 3 is 2.10 bits per heavy atom. The van der Waals surface area contributed by atoms with Crippen molar-refractivity contribution in [3.8, 4) is 11.1 Å². The second kappa shape index (κ2) is 6.51. The molecule has 0 heterocycles. The Morgan fingerprint density at radius 1 is 0.952 bits per heavy atom. The molecule has 0 bridgehead atoms. The van der Waals surface area contributed by atoms with Gasteiger partial charge < -0.3 is 5.11 Å². The molecule has 2 rings (SSSR count). The van der Waals surface area contributed by atoms with Crippen LogP contribution in [-0.2, 0) is 14.8 Å². The number of benzene rings is 2. The van der Waals surface area contributed by atoms with Gasteiger partial charge in [-0.2, -0.15) is 0 Å². The van der Waals surface area contributed by atoms with Gasteiger partial charge in [0.05, 0.1) is 11.3 Å². The van der Waals surface area contributed by atoms with Crippen LogP contribution in [0.4, 0.5) is 0 Å². The van der Waals surface area contributed by atoms with Gasteiger partial charge in [0, 0.05) is 6.54 Å². The minimum absolute atomic E-state index is 0.118. The predicted octanol–water partition coefficient (Wildman–Crippen LogP) is 2.11. The fourth-order valence-corrected chi connectivity index (χ4v) is 2.86. The van der Waals surface area contributed by atoms with Gasteiger partial charge in [-0.25, -0.2) is 13.1 Å². The number of sulfonamides is 1. The summed E-state index contributed by atoms with van der Waals surface area (Å²) in [5.41, 5.74) is 1.92. The number of hydrogen-bond donors (Lipinski definition) is 2. The van der Waals surface area contributed by atoms with Crippen molar-refractivity contribution in [3.05, 3.63) is 54.6 Å². The molecule has 21 heavy (non-hydrogen) atoms. The number of hydrogen-bond acceptors (Lipinski definition) is 3. The van der Waals surface area contributed by atoms with Crippen molar-refractivity contribution in [2.45, 2.75) is 11.3 Å². The van der Waals surface area contributed by atoms with Crippen molar-refractivity contribution < 1.29 is 18.3 Å². The Morgan fingerprint density at radius 2 is 1.52 bits per heavy atom. The van der Waals surface area contributed by atoms with Crippen molar-refractivity contribution in [1.82, 2.24) is 4.72 Å². The molecule has 0 saturated heterocycles. The monoisotopic (exact) mass is 305 g/mol. The number of carboxylic acids is 1. The Kier molecular flexibility index (Phi) is 4.72. The van der Waals surface area contributed by atoms with Crippen LogP contribution in [0.5, 0.6) is 0 Å². The van der Waals surface area contributed by atoms with Crippen molar-refractivity contribution >= 4 is 16.0 Å². The maximum atomic E-state index is 12.0. The molecule has 0 spiro atoms. The Balaban J connectivity index is 2.13. The molecule has 2 aromatic rings. The van der Waals surface area contributed by atoms with E-state index in [1.807, 2.05) is 30.3 Å². The minimum Gasteiger partial charge on any atom is -0.481 e. The molecule has 2 N–H and O–H groups in total. The van der Waals surface area contributed by atoms with E-state index in [0.29, 0.717) is 0 Å². The van der Waals surface area contributed by atoms with Gasteiger partial charge in [-0.1, -0.05) is 42.5 Å². The molecule has 0 atom stereocenters. The van der Waals surface area contributed by atoms with E-state index in [4.69, 9.17) is 5.11 Å². The van der Waals surface area contributed by atoms with Crippen LogP contribution in [0.3, 0.4) is 0 Å². The number of rotatable bonds is 6. The van der Waals surface area contributed by atoms with Gasteiger partial charge in [0.15, 0.2) is 0 Å². The molecule has 0 saturated carbocycles. The largest absolute Gasteiger partial charge is 0.481 e. The Hall–Kier alpha value is -2.18. The Bertz CT molecular complexity index is 709. The fraction of sp³-hybridized carbons (Fsp3) is 0.133. The van der Waals surface area contributed by atoms with Crippen LogP contribution in [0.15, 0.2) is 59.5 Å². The van der Waals surface area contributed by atoms with Crippen molar-refractivity contribution in [2.75, 3.05) is 6.54 Å². The molecule has 110 valence electrons. The summed E-state index contributed by atoms with van der Waals surface area (Å²) in [5, 5.41) is 8.51. The molecule has 2 aromatic carbocycles. The van der Waals surface area contributed by atoms with E-state index in [9.17, 15) is 13.2 Å². The molecule has 0 radical (unpaired) electrons. The lowest BCUT2D eigenvalue weighted by molar-refractivity contribution is -0.136. The van der Waals surface area contributed by atoms with Crippen LogP contribution in [-0.4, -0.2) is 26.0 Å². The summed E-state index contributed by atoms with van der Waals surface area (Å²) in [7, 11) is -3.67. The van der Waals surface area contributed by atoms with Crippen molar-refractivity contribution in [3.63, 3.8) is 0 Å². The lowest BCUT2D eigenvalue weighted by Gasteiger charge is -2.07. The van der Waals surface area contributed by atoms with Crippen molar-refractivity contribution in [1.29, 1.82) is 0 Å². The summed E-state index contributed by atoms with van der Waals surface area (Å²) in [6, 6.07) is 16.1. The van der Waals surface area contributed by atoms with Gasteiger partial charge in [-0.3, -0.25) is 4.79 Å². The quantitative estimate of drug-likeness (QED) is 0.856. The Labute approximate surface area is 123 Å². The molecule has 0 unspecified atom stereocenters. The number of carbonyl (C=O) groups is 1. The van der Waals surface area contributed by atoms with Gasteiger partial charge >= 0.3 is 5.97 Å². The van der Waals surface area contributed by atoms with Crippen LogP contribution < -0.4 is 4.72 Å². The van der Waals surface area contributed by atoms with Gasteiger partial charge in [0.1, 0.15) is 0 Å². The number of aliphatic carboxylic acids is 1. The summed E-state index contributed by atoms with van der Waals surface area (Å²) in [5.74, 6) is -1.04. The minimum atomic E-state index is -3.67. The van der Waals surface area contributed by atoms with Crippen LogP contribution in [0.1, 0.15) is 6.42 Å². The first kappa shape index (κ1) is 15.2.